The molecule has 0 aliphatic carbocycles. The molecule has 0 bridgehead atoms. The maximum absolute atomic E-state index is 11.9. The van der Waals surface area contributed by atoms with E-state index in [9.17, 15) is 9.59 Å². The predicted octanol–water partition coefficient (Wildman–Crippen LogP) is 3.60. The smallest absolute Gasteiger partial charge is 0.233 e. The summed E-state index contributed by atoms with van der Waals surface area (Å²) in [6.07, 6.45) is -0.214. The van der Waals surface area contributed by atoms with E-state index in [4.69, 9.17) is 11.6 Å². The second-order valence-electron chi connectivity index (χ2n) is 5.45. The Hall–Kier alpha value is -2.33. The molecular weight excluding hydrogens is 312 g/mol. The average molecular weight is 331 g/mol. The molecular formula is C18H19ClN2O2. The number of benzene rings is 2. The van der Waals surface area contributed by atoms with E-state index in [2.05, 4.69) is 10.6 Å². The quantitative estimate of drug-likeness (QED) is 0.823. The zero-order valence-electron chi connectivity index (χ0n) is 13.2. The fourth-order valence-electron chi connectivity index (χ4n) is 2.08. The monoisotopic (exact) mass is 330 g/mol. The minimum atomic E-state index is -0.350. The Morgan fingerprint density at radius 3 is 2.35 bits per heavy atom. The van der Waals surface area contributed by atoms with Gasteiger partial charge in [0.05, 0.1) is 0 Å². The van der Waals surface area contributed by atoms with Crippen LogP contribution in [0.3, 0.4) is 0 Å². The minimum absolute atomic E-state index is 0.214. The summed E-state index contributed by atoms with van der Waals surface area (Å²) in [6.45, 7) is 4.26. The van der Waals surface area contributed by atoms with Gasteiger partial charge in [-0.1, -0.05) is 41.4 Å². The third-order valence-electron chi connectivity index (χ3n) is 3.39. The van der Waals surface area contributed by atoms with Crippen molar-refractivity contribution >= 4 is 29.1 Å². The molecule has 0 spiro atoms. The molecule has 120 valence electrons. The maximum Gasteiger partial charge on any atom is 0.233 e. The fraction of sp³-hybridized carbons (Fsp3) is 0.222. The van der Waals surface area contributed by atoms with Gasteiger partial charge in [-0.3, -0.25) is 9.59 Å². The summed E-state index contributed by atoms with van der Waals surface area (Å²) in [6, 6.07) is 13.0. The number of amides is 2. The van der Waals surface area contributed by atoms with Gasteiger partial charge in [0.25, 0.3) is 0 Å². The molecule has 0 aliphatic heterocycles. The molecule has 2 aromatic rings. The molecule has 2 rings (SSSR count). The van der Waals surface area contributed by atoms with Gasteiger partial charge in [-0.25, -0.2) is 0 Å². The first-order valence-electron chi connectivity index (χ1n) is 7.32. The highest BCUT2D eigenvalue weighted by atomic mass is 35.5. The molecule has 0 fully saturated rings. The van der Waals surface area contributed by atoms with Crippen LogP contribution in [0.1, 0.15) is 23.1 Å². The van der Waals surface area contributed by atoms with Crippen LogP contribution in [0, 0.1) is 13.8 Å². The summed E-state index contributed by atoms with van der Waals surface area (Å²) in [5.41, 5.74) is 3.67. The lowest BCUT2D eigenvalue weighted by Gasteiger charge is -2.09. The number of carbonyl (C=O) groups excluding carboxylic acids is 2. The number of rotatable bonds is 5. The molecule has 4 nitrogen and oxygen atoms in total. The molecule has 0 unspecified atom stereocenters. The molecule has 2 amide bonds. The van der Waals surface area contributed by atoms with Crippen molar-refractivity contribution in [2.24, 2.45) is 0 Å². The van der Waals surface area contributed by atoms with Gasteiger partial charge in [-0.2, -0.15) is 0 Å². The van der Waals surface area contributed by atoms with Crippen LogP contribution in [0.5, 0.6) is 0 Å². The van der Waals surface area contributed by atoms with Crippen LogP contribution in [0.25, 0.3) is 0 Å². The third kappa shape index (κ3) is 5.42. The fourth-order valence-corrected chi connectivity index (χ4v) is 2.30. The first-order chi connectivity index (χ1) is 10.9. The van der Waals surface area contributed by atoms with E-state index < -0.39 is 0 Å². The lowest BCUT2D eigenvalue weighted by Crippen LogP contribution is -2.27. The molecule has 0 aromatic heterocycles. The summed E-state index contributed by atoms with van der Waals surface area (Å²) < 4.78 is 0. The molecule has 23 heavy (non-hydrogen) atoms. The van der Waals surface area contributed by atoms with Crippen molar-refractivity contribution in [2.45, 2.75) is 26.8 Å². The van der Waals surface area contributed by atoms with Crippen LogP contribution in [-0.4, -0.2) is 11.8 Å². The van der Waals surface area contributed by atoms with Crippen LogP contribution in [0.15, 0.2) is 42.5 Å². The molecule has 2 N–H and O–H groups in total. The summed E-state index contributed by atoms with van der Waals surface area (Å²) in [4.78, 5) is 23.7. The van der Waals surface area contributed by atoms with E-state index in [0.29, 0.717) is 17.3 Å². The van der Waals surface area contributed by atoms with Crippen LogP contribution in [0.4, 0.5) is 5.69 Å². The highest BCUT2D eigenvalue weighted by Gasteiger charge is 2.10. The molecule has 0 radical (unpaired) electrons. The van der Waals surface area contributed by atoms with Crippen molar-refractivity contribution in [3.05, 3.63) is 64.2 Å². The Bertz CT molecular complexity index is 711. The Balaban J connectivity index is 1.82. The normalized spacial score (nSPS) is 10.2. The number of anilines is 1. The lowest BCUT2D eigenvalue weighted by atomic mass is 10.1. The van der Waals surface area contributed by atoms with Crippen molar-refractivity contribution in [2.75, 3.05) is 5.32 Å². The molecule has 0 aliphatic rings. The van der Waals surface area contributed by atoms with Crippen LogP contribution >= 0.6 is 11.6 Å². The van der Waals surface area contributed by atoms with Gasteiger partial charge in [0.15, 0.2) is 0 Å². The first-order valence-corrected chi connectivity index (χ1v) is 7.70. The third-order valence-corrected chi connectivity index (χ3v) is 3.63. The highest BCUT2D eigenvalue weighted by Crippen LogP contribution is 2.19. The van der Waals surface area contributed by atoms with Gasteiger partial charge in [-0.15, -0.1) is 0 Å². The summed E-state index contributed by atoms with van der Waals surface area (Å²) in [5.74, 6) is -0.661. The number of carbonyl (C=O) groups is 2. The SMILES string of the molecule is Cc1ccc(CNC(=O)CC(=O)Nc2ccc(Cl)cc2C)cc1. The molecule has 0 atom stereocenters. The number of halogens is 1. The number of hydrogen-bond donors (Lipinski definition) is 2. The van der Waals surface area contributed by atoms with E-state index in [1.165, 1.54) is 0 Å². The van der Waals surface area contributed by atoms with E-state index in [1.54, 1.807) is 18.2 Å². The van der Waals surface area contributed by atoms with Crippen LogP contribution in [-0.2, 0) is 16.1 Å². The van der Waals surface area contributed by atoms with E-state index in [-0.39, 0.29) is 18.2 Å². The zero-order chi connectivity index (χ0) is 16.8. The van der Waals surface area contributed by atoms with Gasteiger partial charge in [-0.05, 0) is 43.2 Å². The Labute approximate surface area is 140 Å². The summed E-state index contributed by atoms with van der Waals surface area (Å²) in [7, 11) is 0. The topological polar surface area (TPSA) is 58.2 Å². The van der Waals surface area contributed by atoms with Gasteiger partial charge >= 0.3 is 0 Å². The van der Waals surface area contributed by atoms with Crippen molar-refractivity contribution in [3.8, 4) is 0 Å². The van der Waals surface area contributed by atoms with Crippen LogP contribution < -0.4 is 10.6 Å². The second-order valence-corrected chi connectivity index (χ2v) is 5.88. The molecule has 0 saturated carbocycles. The molecule has 2 aromatic carbocycles. The van der Waals surface area contributed by atoms with E-state index >= 15 is 0 Å². The van der Waals surface area contributed by atoms with Crippen molar-refractivity contribution in [1.29, 1.82) is 0 Å². The van der Waals surface area contributed by atoms with Gasteiger partial charge in [0.2, 0.25) is 11.8 Å². The average Bonchev–Trinajstić information content (AvgIpc) is 2.49. The van der Waals surface area contributed by atoms with Crippen molar-refractivity contribution < 1.29 is 9.59 Å². The largest absolute Gasteiger partial charge is 0.352 e. The van der Waals surface area contributed by atoms with E-state index in [0.717, 1.165) is 16.7 Å². The second kappa shape index (κ2) is 7.79. The molecule has 0 heterocycles. The van der Waals surface area contributed by atoms with Gasteiger partial charge < -0.3 is 10.6 Å². The highest BCUT2D eigenvalue weighted by molar-refractivity contribution is 6.30. The van der Waals surface area contributed by atoms with Gasteiger partial charge in [0, 0.05) is 17.3 Å². The van der Waals surface area contributed by atoms with Gasteiger partial charge in [0.1, 0.15) is 6.42 Å². The standard InChI is InChI=1S/C18H19ClN2O2/c1-12-3-5-14(6-4-12)11-20-17(22)10-18(23)21-16-8-7-15(19)9-13(16)2/h3-9H,10-11H2,1-2H3,(H,20,22)(H,21,23). The first kappa shape index (κ1) is 17.0. The Morgan fingerprint density at radius 2 is 1.70 bits per heavy atom. The predicted molar refractivity (Wildman–Crippen MR) is 92.5 cm³/mol. The lowest BCUT2D eigenvalue weighted by molar-refractivity contribution is -0.126. The van der Waals surface area contributed by atoms with Crippen molar-refractivity contribution in [3.63, 3.8) is 0 Å². The molecule has 5 heteroatoms. The summed E-state index contributed by atoms with van der Waals surface area (Å²) >= 11 is 5.87. The Kier molecular flexibility index (Phi) is 5.77. The zero-order valence-corrected chi connectivity index (χ0v) is 13.9. The number of hydrogen-bond acceptors (Lipinski definition) is 2. The Morgan fingerprint density at radius 1 is 1.00 bits per heavy atom. The number of aryl methyl sites for hydroxylation is 2. The summed E-state index contributed by atoms with van der Waals surface area (Å²) in [5, 5.41) is 6.06. The number of nitrogens with one attached hydrogen (secondary N) is 2. The van der Waals surface area contributed by atoms with Crippen LogP contribution in [0.2, 0.25) is 5.02 Å². The van der Waals surface area contributed by atoms with E-state index in [1.807, 2.05) is 38.1 Å². The van der Waals surface area contributed by atoms with Crippen molar-refractivity contribution in [1.82, 2.24) is 5.32 Å². The maximum atomic E-state index is 11.9. The minimum Gasteiger partial charge on any atom is -0.352 e. The molecule has 0 saturated heterocycles.